The Bertz CT molecular complexity index is 720. The van der Waals surface area contributed by atoms with Gasteiger partial charge in [0, 0.05) is 0 Å². The van der Waals surface area contributed by atoms with Gasteiger partial charge in [0.2, 0.25) is 0 Å². The molecule has 0 aliphatic carbocycles. The molecule has 0 bridgehead atoms. The van der Waals surface area contributed by atoms with E-state index in [1.165, 1.54) is 14.2 Å². The lowest BCUT2D eigenvalue weighted by atomic mass is 10.2. The van der Waals surface area contributed by atoms with Crippen LogP contribution in [0.2, 0.25) is 0 Å². The highest BCUT2D eigenvalue weighted by molar-refractivity contribution is 8.00. The van der Waals surface area contributed by atoms with Crippen LogP contribution in [0.5, 0.6) is 0 Å². The predicted molar refractivity (Wildman–Crippen MR) is 87.0 cm³/mol. The fourth-order valence-electron chi connectivity index (χ4n) is 1.89. The molecular formula is C15H16N2O5S. The normalized spacial score (nSPS) is 11.9. The van der Waals surface area contributed by atoms with E-state index in [1.807, 2.05) is 18.2 Å². The van der Waals surface area contributed by atoms with E-state index in [2.05, 4.69) is 14.7 Å². The number of aliphatic hydroxyl groups excluding tert-OH is 1. The Morgan fingerprint density at radius 2 is 1.96 bits per heavy atom. The van der Waals surface area contributed by atoms with Gasteiger partial charge in [-0.05, 0) is 12.1 Å². The number of carbonyl (C=O) groups is 2. The predicted octanol–water partition coefficient (Wildman–Crippen LogP) is 1.91. The molecule has 23 heavy (non-hydrogen) atoms. The van der Waals surface area contributed by atoms with Crippen LogP contribution in [0, 0.1) is 0 Å². The van der Waals surface area contributed by atoms with Crippen LogP contribution >= 0.6 is 11.8 Å². The maximum atomic E-state index is 12.0. The van der Waals surface area contributed by atoms with Crippen molar-refractivity contribution in [3.63, 3.8) is 0 Å². The minimum absolute atomic E-state index is 0.0522. The summed E-state index contributed by atoms with van der Waals surface area (Å²) in [5.74, 6) is -1.00. The summed E-state index contributed by atoms with van der Waals surface area (Å²) in [6.07, 6.45) is 0. The molecule has 0 aliphatic heterocycles. The quantitative estimate of drug-likeness (QED) is 0.472. The number of nitrogens with zero attached hydrogens (tertiary/aromatic N) is 1. The number of carbonyl (C=O) groups excluding carboxylic acids is 2. The number of benzene rings is 1. The number of ether oxygens (including phenoxy) is 2. The Hall–Kier alpha value is -2.48. The van der Waals surface area contributed by atoms with Crippen LogP contribution in [0.1, 0.15) is 5.82 Å². The molecule has 8 heteroatoms. The van der Waals surface area contributed by atoms with Crippen molar-refractivity contribution in [1.82, 2.24) is 9.97 Å². The van der Waals surface area contributed by atoms with Crippen molar-refractivity contribution in [2.45, 2.75) is 0 Å². The first-order valence-electron chi connectivity index (χ1n) is 6.67. The molecule has 0 saturated carbocycles. The Morgan fingerprint density at radius 3 is 2.61 bits per heavy atom. The first kappa shape index (κ1) is 16.9. The molecule has 0 saturated heterocycles. The number of aromatic amines is 1. The third-order valence-corrected chi connectivity index (χ3v) is 3.91. The summed E-state index contributed by atoms with van der Waals surface area (Å²) in [6, 6.07) is 7.25. The number of methoxy groups -OCH3 is 2. The van der Waals surface area contributed by atoms with Crippen LogP contribution in [-0.4, -0.2) is 52.7 Å². The fourth-order valence-corrected chi connectivity index (χ4v) is 2.61. The smallest absolute Gasteiger partial charge is 0.345 e. The van der Waals surface area contributed by atoms with Crippen molar-refractivity contribution in [2.24, 2.45) is 0 Å². The minimum Gasteiger partial charge on any atom is -0.510 e. The second-order valence-electron chi connectivity index (χ2n) is 4.48. The number of aromatic nitrogens is 2. The number of para-hydroxylation sites is 2. The van der Waals surface area contributed by atoms with Crippen molar-refractivity contribution >= 4 is 40.3 Å². The molecule has 0 amide bonds. The van der Waals surface area contributed by atoms with Gasteiger partial charge in [-0.3, -0.25) is 4.79 Å². The number of thioether (sulfide) groups is 1. The number of esters is 2. The topological polar surface area (TPSA) is 102 Å². The Morgan fingerprint density at radius 1 is 1.22 bits per heavy atom. The second-order valence-corrected chi connectivity index (χ2v) is 5.47. The molecular weight excluding hydrogens is 320 g/mol. The lowest BCUT2D eigenvalue weighted by Crippen LogP contribution is -2.11. The van der Waals surface area contributed by atoms with E-state index in [1.54, 1.807) is 6.07 Å². The van der Waals surface area contributed by atoms with Gasteiger partial charge in [0.05, 0.1) is 36.8 Å². The maximum absolute atomic E-state index is 12.0. The van der Waals surface area contributed by atoms with Gasteiger partial charge in [-0.15, -0.1) is 11.8 Å². The summed E-state index contributed by atoms with van der Waals surface area (Å²) in [5, 5.41) is 10.2. The fraction of sp³-hybridized carbons (Fsp3) is 0.267. The standard InChI is InChI=1S/C15H16N2O5S/c1-21-12(19)8-23-7-11(18)13(15(20)22-2)14-16-9-5-3-4-6-10(9)17-14/h3-6,18H,7-8H2,1-2H3,(H,16,17). The first-order valence-corrected chi connectivity index (χ1v) is 7.82. The van der Waals surface area contributed by atoms with Gasteiger partial charge in [-0.2, -0.15) is 0 Å². The number of aliphatic hydroxyl groups is 1. The van der Waals surface area contributed by atoms with Crippen LogP contribution in [0.3, 0.4) is 0 Å². The number of fused-ring (bicyclic) bond motifs is 1. The molecule has 2 rings (SSSR count). The molecule has 0 radical (unpaired) electrons. The summed E-state index contributed by atoms with van der Waals surface area (Å²) >= 11 is 1.12. The van der Waals surface area contributed by atoms with Crippen LogP contribution < -0.4 is 0 Å². The van der Waals surface area contributed by atoms with Gasteiger partial charge in [0.1, 0.15) is 17.2 Å². The summed E-state index contributed by atoms with van der Waals surface area (Å²) in [4.78, 5) is 30.3. The molecule has 0 atom stereocenters. The average molecular weight is 336 g/mol. The molecule has 0 aliphatic rings. The molecule has 0 spiro atoms. The van der Waals surface area contributed by atoms with E-state index < -0.39 is 11.9 Å². The summed E-state index contributed by atoms with van der Waals surface area (Å²) < 4.78 is 9.23. The summed E-state index contributed by atoms with van der Waals surface area (Å²) in [7, 11) is 2.51. The Labute approximate surface area is 136 Å². The molecule has 122 valence electrons. The van der Waals surface area contributed by atoms with Crippen molar-refractivity contribution < 1.29 is 24.2 Å². The van der Waals surface area contributed by atoms with Crippen LogP contribution in [0.4, 0.5) is 0 Å². The molecule has 1 aromatic carbocycles. The third kappa shape index (κ3) is 4.04. The van der Waals surface area contributed by atoms with E-state index in [-0.39, 0.29) is 28.7 Å². The number of H-pyrrole nitrogens is 1. The van der Waals surface area contributed by atoms with Crippen molar-refractivity contribution in [1.29, 1.82) is 0 Å². The van der Waals surface area contributed by atoms with Crippen LogP contribution in [-0.2, 0) is 19.1 Å². The molecule has 0 unspecified atom stereocenters. The summed E-state index contributed by atoms with van der Waals surface area (Å²) in [6.45, 7) is 0. The maximum Gasteiger partial charge on any atom is 0.345 e. The number of rotatable bonds is 6. The van der Waals surface area contributed by atoms with Crippen molar-refractivity contribution in [3.05, 3.63) is 35.8 Å². The number of hydrogen-bond donors (Lipinski definition) is 2. The molecule has 2 N–H and O–H groups in total. The molecule has 2 aromatic rings. The zero-order chi connectivity index (χ0) is 16.8. The highest BCUT2D eigenvalue weighted by atomic mass is 32.2. The monoisotopic (exact) mass is 336 g/mol. The van der Waals surface area contributed by atoms with Crippen molar-refractivity contribution in [3.8, 4) is 0 Å². The largest absolute Gasteiger partial charge is 0.510 e. The Balaban J connectivity index is 2.30. The number of imidazole rings is 1. The van der Waals surface area contributed by atoms with E-state index in [0.29, 0.717) is 5.52 Å². The van der Waals surface area contributed by atoms with Gasteiger partial charge >= 0.3 is 11.9 Å². The highest BCUT2D eigenvalue weighted by Gasteiger charge is 2.22. The second kappa shape index (κ2) is 7.68. The molecule has 1 aromatic heterocycles. The Kier molecular flexibility index (Phi) is 5.64. The van der Waals surface area contributed by atoms with E-state index in [9.17, 15) is 14.7 Å². The molecule has 0 fully saturated rings. The van der Waals surface area contributed by atoms with Gasteiger partial charge in [0.25, 0.3) is 0 Å². The van der Waals surface area contributed by atoms with Crippen LogP contribution in [0.15, 0.2) is 30.0 Å². The summed E-state index contributed by atoms with van der Waals surface area (Å²) in [5.41, 5.74) is 1.35. The zero-order valence-corrected chi connectivity index (χ0v) is 13.5. The first-order chi connectivity index (χ1) is 11.1. The molecule has 7 nitrogen and oxygen atoms in total. The SMILES string of the molecule is COC(=O)CSCC(O)=C(C(=O)OC)c1nc2ccccc2[nH]1. The number of hydrogen-bond acceptors (Lipinski definition) is 7. The lowest BCUT2D eigenvalue weighted by molar-refractivity contribution is -0.137. The van der Waals surface area contributed by atoms with E-state index in [4.69, 9.17) is 4.74 Å². The van der Waals surface area contributed by atoms with Crippen LogP contribution in [0.25, 0.3) is 16.6 Å². The van der Waals surface area contributed by atoms with Gasteiger partial charge in [-0.25, -0.2) is 9.78 Å². The van der Waals surface area contributed by atoms with Gasteiger partial charge < -0.3 is 19.6 Å². The van der Waals surface area contributed by atoms with Crippen molar-refractivity contribution in [2.75, 3.05) is 25.7 Å². The van der Waals surface area contributed by atoms with Gasteiger partial charge in [0.15, 0.2) is 0 Å². The average Bonchev–Trinajstić information content (AvgIpc) is 2.97. The lowest BCUT2D eigenvalue weighted by Gasteiger charge is -2.06. The minimum atomic E-state index is -0.708. The van der Waals surface area contributed by atoms with E-state index in [0.717, 1.165) is 17.3 Å². The zero-order valence-electron chi connectivity index (χ0n) is 12.7. The molecule has 1 heterocycles. The van der Waals surface area contributed by atoms with E-state index >= 15 is 0 Å². The third-order valence-electron chi connectivity index (χ3n) is 2.99. The number of nitrogens with one attached hydrogen (secondary N) is 1. The highest BCUT2D eigenvalue weighted by Crippen LogP contribution is 2.22. The van der Waals surface area contributed by atoms with Gasteiger partial charge in [-0.1, -0.05) is 12.1 Å².